The maximum absolute atomic E-state index is 8.41. The van der Waals surface area contributed by atoms with Crippen molar-refractivity contribution in [3.8, 4) is 5.75 Å². The summed E-state index contributed by atoms with van der Waals surface area (Å²) < 4.78 is 4.98. The molecule has 1 rings (SSSR count). The molecule has 0 spiro atoms. The van der Waals surface area contributed by atoms with Crippen LogP contribution in [0.25, 0.3) is 0 Å². The second-order valence-electron chi connectivity index (χ2n) is 2.43. The largest absolute Gasteiger partial charge is 0.495 e. The van der Waals surface area contributed by atoms with Gasteiger partial charge >= 0.3 is 0 Å². The predicted molar refractivity (Wildman–Crippen MR) is 54.2 cm³/mol. The Kier molecular flexibility index (Phi) is 3.55. The van der Waals surface area contributed by atoms with E-state index in [1.165, 1.54) is 7.11 Å². The first-order valence-corrected chi connectivity index (χ1v) is 4.13. The molecule has 6 heteroatoms. The van der Waals surface area contributed by atoms with Crippen molar-refractivity contribution in [2.24, 2.45) is 10.7 Å². The Morgan fingerprint density at radius 1 is 1.64 bits per heavy atom. The van der Waals surface area contributed by atoms with Gasteiger partial charge in [0.2, 0.25) is 5.96 Å². The zero-order valence-electron chi connectivity index (χ0n) is 7.49. The van der Waals surface area contributed by atoms with Gasteiger partial charge in [0.05, 0.1) is 17.8 Å². The standard InChI is InChI=1S/C8H10ClN3O2/c1-14-7-4-5(2-3-6(7)9)11-8(10)12-13/h2-4,13H,1H3,(H3,10,11,12). The van der Waals surface area contributed by atoms with Crippen molar-refractivity contribution in [2.75, 3.05) is 7.11 Å². The van der Waals surface area contributed by atoms with E-state index in [0.29, 0.717) is 16.5 Å². The highest BCUT2D eigenvalue weighted by molar-refractivity contribution is 6.32. The van der Waals surface area contributed by atoms with Gasteiger partial charge in [-0.2, -0.15) is 0 Å². The van der Waals surface area contributed by atoms with E-state index in [2.05, 4.69) is 4.99 Å². The van der Waals surface area contributed by atoms with E-state index in [1.807, 2.05) is 0 Å². The van der Waals surface area contributed by atoms with E-state index in [1.54, 1.807) is 23.7 Å². The molecule has 5 nitrogen and oxygen atoms in total. The molecule has 4 N–H and O–H groups in total. The second kappa shape index (κ2) is 4.69. The summed E-state index contributed by atoms with van der Waals surface area (Å²) >= 11 is 5.80. The molecule has 0 unspecified atom stereocenters. The highest BCUT2D eigenvalue weighted by Gasteiger charge is 2.01. The number of hydrogen-bond donors (Lipinski definition) is 3. The van der Waals surface area contributed by atoms with Crippen LogP contribution in [0.2, 0.25) is 5.02 Å². The third kappa shape index (κ3) is 2.51. The Bertz CT molecular complexity index is 354. The molecule has 0 saturated heterocycles. The van der Waals surface area contributed by atoms with Crippen LogP contribution in [0, 0.1) is 0 Å². The van der Waals surface area contributed by atoms with Crippen LogP contribution in [-0.4, -0.2) is 18.3 Å². The molecule has 0 fully saturated rings. The number of nitrogens with two attached hydrogens (primary N) is 1. The average molecular weight is 216 g/mol. The Labute approximate surface area is 86.1 Å². The van der Waals surface area contributed by atoms with Gasteiger partial charge in [-0.3, -0.25) is 5.21 Å². The first-order valence-electron chi connectivity index (χ1n) is 3.75. The minimum Gasteiger partial charge on any atom is -0.495 e. The number of benzene rings is 1. The molecule has 76 valence electrons. The Morgan fingerprint density at radius 2 is 2.36 bits per heavy atom. The summed E-state index contributed by atoms with van der Waals surface area (Å²) in [5, 5.41) is 8.90. The zero-order chi connectivity index (χ0) is 10.6. The minimum absolute atomic E-state index is 0.102. The fraction of sp³-hybridized carbons (Fsp3) is 0.125. The fourth-order valence-corrected chi connectivity index (χ4v) is 1.08. The summed E-state index contributed by atoms with van der Waals surface area (Å²) in [6, 6.07) is 4.88. The second-order valence-corrected chi connectivity index (χ2v) is 2.83. The number of methoxy groups -OCH3 is 1. The lowest BCUT2D eigenvalue weighted by Gasteiger charge is -2.03. The highest BCUT2D eigenvalue weighted by atomic mass is 35.5. The van der Waals surface area contributed by atoms with Crippen LogP contribution in [0.3, 0.4) is 0 Å². The van der Waals surface area contributed by atoms with Crippen molar-refractivity contribution in [3.05, 3.63) is 23.2 Å². The van der Waals surface area contributed by atoms with Gasteiger partial charge in [-0.1, -0.05) is 11.6 Å². The summed E-state index contributed by atoms with van der Waals surface area (Å²) in [5.74, 6) is 0.396. The quantitative estimate of drug-likeness (QED) is 0.394. The first kappa shape index (κ1) is 10.6. The number of rotatable bonds is 2. The lowest BCUT2D eigenvalue weighted by atomic mass is 10.3. The molecular formula is C8H10ClN3O2. The fourth-order valence-electron chi connectivity index (χ4n) is 0.882. The number of halogens is 1. The van der Waals surface area contributed by atoms with Gasteiger partial charge in [-0.05, 0) is 12.1 Å². The van der Waals surface area contributed by atoms with Crippen molar-refractivity contribution in [1.29, 1.82) is 0 Å². The SMILES string of the molecule is COc1cc(N=C(N)NO)ccc1Cl. The van der Waals surface area contributed by atoms with Crippen LogP contribution in [-0.2, 0) is 0 Å². The van der Waals surface area contributed by atoms with Crippen molar-refractivity contribution < 1.29 is 9.94 Å². The molecule has 1 aromatic rings. The van der Waals surface area contributed by atoms with Gasteiger partial charge < -0.3 is 10.5 Å². The maximum Gasteiger partial charge on any atom is 0.218 e. The van der Waals surface area contributed by atoms with Crippen molar-refractivity contribution >= 4 is 23.2 Å². The minimum atomic E-state index is -0.102. The Morgan fingerprint density at radius 3 is 2.93 bits per heavy atom. The summed E-state index contributed by atoms with van der Waals surface area (Å²) in [6.07, 6.45) is 0. The van der Waals surface area contributed by atoms with Crippen molar-refractivity contribution in [3.63, 3.8) is 0 Å². The summed E-state index contributed by atoms with van der Waals surface area (Å²) in [4.78, 5) is 3.82. The van der Waals surface area contributed by atoms with Gasteiger partial charge in [-0.25, -0.2) is 10.5 Å². The van der Waals surface area contributed by atoms with Crippen molar-refractivity contribution in [2.45, 2.75) is 0 Å². The Balaban J connectivity index is 3.01. The monoisotopic (exact) mass is 215 g/mol. The number of nitrogens with zero attached hydrogens (tertiary/aromatic N) is 1. The zero-order valence-corrected chi connectivity index (χ0v) is 8.25. The first-order chi connectivity index (χ1) is 6.67. The maximum atomic E-state index is 8.41. The van der Waals surface area contributed by atoms with Crippen LogP contribution in [0.5, 0.6) is 5.75 Å². The molecule has 0 aliphatic rings. The summed E-state index contributed by atoms with van der Waals surface area (Å²) in [7, 11) is 1.50. The number of ether oxygens (including phenoxy) is 1. The van der Waals surface area contributed by atoms with E-state index in [-0.39, 0.29) is 5.96 Å². The molecule has 0 saturated carbocycles. The number of hydrogen-bond acceptors (Lipinski definition) is 3. The normalized spacial score (nSPS) is 11.2. The highest BCUT2D eigenvalue weighted by Crippen LogP contribution is 2.28. The van der Waals surface area contributed by atoms with E-state index in [4.69, 9.17) is 27.3 Å². The van der Waals surface area contributed by atoms with Crippen molar-refractivity contribution in [1.82, 2.24) is 5.48 Å². The molecule has 0 aromatic heterocycles. The average Bonchev–Trinajstić information content (AvgIpc) is 2.20. The van der Waals surface area contributed by atoms with Crippen LogP contribution in [0.15, 0.2) is 23.2 Å². The molecular weight excluding hydrogens is 206 g/mol. The van der Waals surface area contributed by atoms with Gasteiger partial charge in [0.1, 0.15) is 5.75 Å². The van der Waals surface area contributed by atoms with E-state index < -0.39 is 0 Å². The number of hydroxylamine groups is 1. The van der Waals surface area contributed by atoms with E-state index in [9.17, 15) is 0 Å². The summed E-state index contributed by atoms with van der Waals surface area (Å²) in [5.41, 5.74) is 7.50. The molecule has 14 heavy (non-hydrogen) atoms. The molecule has 0 atom stereocenters. The van der Waals surface area contributed by atoms with Crippen LogP contribution >= 0.6 is 11.6 Å². The molecule has 0 aliphatic carbocycles. The molecule has 0 bridgehead atoms. The topological polar surface area (TPSA) is 79.9 Å². The van der Waals surface area contributed by atoms with Crippen LogP contribution < -0.4 is 16.0 Å². The summed E-state index contributed by atoms with van der Waals surface area (Å²) in [6.45, 7) is 0. The number of nitrogens with one attached hydrogen (secondary N) is 1. The molecule has 0 radical (unpaired) electrons. The molecule has 0 heterocycles. The molecule has 0 aliphatic heterocycles. The predicted octanol–water partition coefficient (Wildman–Crippen LogP) is 1.27. The van der Waals surface area contributed by atoms with Crippen LogP contribution in [0.4, 0.5) is 5.69 Å². The lowest BCUT2D eigenvalue weighted by molar-refractivity contribution is 0.233. The Hall–Kier alpha value is -1.46. The van der Waals surface area contributed by atoms with Gasteiger partial charge in [0.25, 0.3) is 0 Å². The molecule has 1 aromatic carbocycles. The van der Waals surface area contributed by atoms with Gasteiger partial charge in [0, 0.05) is 6.07 Å². The molecule has 0 amide bonds. The van der Waals surface area contributed by atoms with E-state index in [0.717, 1.165) is 0 Å². The number of aliphatic imine (C=N–C) groups is 1. The van der Waals surface area contributed by atoms with Gasteiger partial charge in [-0.15, -0.1) is 0 Å². The third-order valence-corrected chi connectivity index (χ3v) is 1.81. The number of guanidine groups is 1. The lowest BCUT2D eigenvalue weighted by Crippen LogP contribution is -2.27. The van der Waals surface area contributed by atoms with Crippen LogP contribution in [0.1, 0.15) is 0 Å². The third-order valence-electron chi connectivity index (χ3n) is 1.50. The van der Waals surface area contributed by atoms with Gasteiger partial charge in [0.15, 0.2) is 0 Å². The van der Waals surface area contributed by atoms with E-state index >= 15 is 0 Å². The smallest absolute Gasteiger partial charge is 0.218 e.